The average molecular weight is 280 g/mol. The molecule has 0 fully saturated rings. The third-order valence-corrected chi connectivity index (χ3v) is 3.83. The van der Waals surface area contributed by atoms with Gasteiger partial charge in [-0.1, -0.05) is 11.8 Å². The molecule has 1 unspecified atom stereocenters. The molecule has 0 radical (unpaired) electrons. The van der Waals surface area contributed by atoms with Crippen molar-refractivity contribution < 1.29 is 4.79 Å². The smallest absolute Gasteiger partial charge is 0.239 e. The molecule has 2 aromatic rings. The Balaban J connectivity index is 1.95. The van der Waals surface area contributed by atoms with Gasteiger partial charge in [0.05, 0.1) is 5.25 Å². The van der Waals surface area contributed by atoms with E-state index in [9.17, 15) is 4.79 Å². The third-order valence-electron chi connectivity index (χ3n) is 2.11. The molecule has 0 aliphatic heterocycles. The first-order valence-electron chi connectivity index (χ1n) is 5.31. The van der Waals surface area contributed by atoms with Crippen LogP contribution in [0.5, 0.6) is 0 Å². The van der Waals surface area contributed by atoms with E-state index < -0.39 is 0 Å². The van der Waals surface area contributed by atoms with E-state index in [0.717, 1.165) is 10.7 Å². The molecule has 0 aliphatic carbocycles. The Morgan fingerprint density at radius 1 is 1.44 bits per heavy atom. The van der Waals surface area contributed by atoms with Crippen LogP contribution in [0.3, 0.4) is 0 Å². The number of thiazole rings is 1. The largest absolute Gasteiger partial charge is 0.301 e. The van der Waals surface area contributed by atoms with Crippen LogP contribution in [-0.2, 0) is 4.79 Å². The van der Waals surface area contributed by atoms with E-state index in [-0.39, 0.29) is 11.2 Å². The lowest BCUT2D eigenvalue weighted by Gasteiger charge is -2.09. The number of hydrogen-bond acceptors (Lipinski definition) is 6. The van der Waals surface area contributed by atoms with Gasteiger partial charge in [-0.25, -0.2) is 15.0 Å². The minimum absolute atomic E-state index is 0.0776. The quantitative estimate of drug-likeness (QED) is 0.688. The zero-order valence-electron chi connectivity index (χ0n) is 9.95. The molecule has 18 heavy (non-hydrogen) atoms. The van der Waals surface area contributed by atoms with Crippen LogP contribution in [0.25, 0.3) is 0 Å². The Morgan fingerprint density at radius 2 is 2.28 bits per heavy atom. The van der Waals surface area contributed by atoms with E-state index in [1.54, 1.807) is 6.20 Å². The Kier molecular flexibility index (Phi) is 4.27. The number of carbonyl (C=O) groups excluding carboxylic acids is 1. The molecule has 0 saturated carbocycles. The second kappa shape index (κ2) is 5.92. The van der Waals surface area contributed by atoms with Crippen molar-refractivity contribution in [2.75, 3.05) is 5.32 Å². The molecule has 7 heteroatoms. The van der Waals surface area contributed by atoms with Gasteiger partial charge in [-0.15, -0.1) is 11.3 Å². The molecule has 1 N–H and O–H groups in total. The predicted octanol–water partition coefficient (Wildman–Crippen LogP) is 2.36. The highest BCUT2D eigenvalue weighted by molar-refractivity contribution is 8.00. The van der Waals surface area contributed by atoms with E-state index in [4.69, 9.17) is 0 Å². The number of thioether (sulfide) groups is 1. The Labute approximate surface area is 113 Å². The van der Waals surface area contributed by atoms with Crippen molar-refractivity contribution >= 4 is 34.1 Å². The zero-order valence-corrected chi connectivity index (χ0v) is 11.6. The maximum atomic E-state index is 11.9. The van der Waals surface area contributed by atoms with E-state index in [1.807, 2.05) is 25.3 Å². The summed E-state index contributed by atoms with van der Waals surface area (Å²) in [5.41, 5.74) is 0.889. The molecule has 0 aliphatic rings. The summed E-state index contributed by atoms with van der Waals surface area (Å²) in [5, 5.41) is 5.76. The standard InChI is InChI=1S/C11H12N4OS2/c1-7-5-9(14-6-13-7)18-8(2)10(16)15-11-12-3-4-17-11/h3-6,8H,1-2H3,(H,12,15,16). The van der Waals surface area contributed by atoms with Crippen molar-refractivity contribution in [1.82, 2.24) is 15.0 Å². The summed E-state index contributed by atoms with van der Waals surface area (Å²) in [6.07, 6.45) is 3.16. The number of aryl methyl sites for hydroxylation is 1. The maximum Gasteiger partial charge on any atom is 0.239 e. The number of rotatable bonds is 4. The minimum Gasteiger partial charge on any atom is -0.301 e. The lowest BCUT2D eigenvalue weighted by molar-refractivity contribution is -0.115. The predicted molar refractivity (Wildman–Crippen MR) is 72.8 cm³/mol. The van der Waals surface area contributed by atoms with Crippen molar-refractivity contribution in [1.29, 1.82) is 0 Å². The molecule has 2 rings (SSSR count). The fraction of sp³-hybridized carbons (Fsp3) is 0.273. The second-order valence-electron chi connectivity index (χ2n) is 3.58. The maximum absolute atomic E-state index is 11.9. The van der Waals surface area contributed by atoms with Crippen molar-refractivity contribution in [2.24, 2.45) is 0 Å². The summed E-state index contributed by atoms with van der Waals surface area (Å²) in [7, 11) is 0. The van der Waals surface area contributed by atoms with Gasteiger partial charge in [-0.3, -0.25) is 4.79 Å². The molecule has 0 saturated heterocycles. The van der Waals surface area contributed by atoms with Crippen LogP contribution in [0.4, 0.5) is 5.13 Å². The Morgan fingerprint density at radius 3 is 2.94 bits per heavy atom. The van der Waals surface area contributed by atoms with E-state index in [1.165, 1.54) is 29.4 Å². The van der Waals surface area contributed by atoms with Crippen LogP contribution in [0.15, 0.2) is 29.0 Å². The molecule has 1 amide bonds. The lowest BCUT2D eigenvalue weighted by Crippen LogP contribution is -2.22. The Hall–Kier alpha value is -1.47. The summed E-state index contributed by atoms with van der Waals surface area (Å²) < 4.78 is 0. The molecule has 5 nitrogen and oxygen atoms in total. The van der Waals surface area contributed by atoms with E-state index in [0.29, 0.717) is 5.13 Å². The number of nitrogens with one attached hydrogen (secondary N) is 1. The first-order valence-corrected chi connectivity index (χ1v) is 7.07. The SMILES string of the molecule is Cc1cc(SC(C)C(=O)Nc2nccs2)ncn1. The van der Waals surface area contributed by atoms with Gasteiger partial charge in [0, 0.05) is 17.3 Å². The van der Waals surface area contributed by atoms with Crippen molar-refractivity contribution in [3.05, 3.63) is 29.7 Å². The summed E-state index contributed by atoms with van der Waals surface area (Å²) in [4.78, 5) is 24.0. The summed E-state index contributed by atoms with van der Waals surface area (Å²) in [6.45, 7) is 3.73. The summed E-state index contributed by atoms with van der Waals surface area (Å²) in [6, 6.07) is 1.86. The van der Waals surface area contributed by atoms with Crippen molar-refractivity contribution in [3.63, 3.8) is 0 Å². The monoisotopic (exact) mass is 280 g/mol. The lowest BCUT2D eigenvalue weighted by atomic mass is 10.4. The van der Waals surface area contributed by atoms with Crippen LogP contribution in [-0.4, -0.2) is 26.1 Å². The fourth-order valence-electron chi connectivity index (χ4n) is 1.22. The highest BCUT2D eigenvalue weighted by Gasteiger charge is 2.16. The highest BCUT2D eigenvalue weighted by Crippen LogP contribution is 2.22. The van der Waals surface area contributed by atoms with Gasteiger partial charge in [0.15, 0.2) is 5.13 Å². The molecular weight excluding hydrogens is 268 g/mol. The van der Waals surface area contributed by atoms with Gasteiger partial charge in [-0.05, 0) is 19.9 Å². The molecule has 2 heterocycles. The van der Waals surface area contributed by atoms with Gasteiger partial charge in [0.2, 0.25) is 5.91 Å². The number of carbonyl (C=O) groups is 1. The number of hydrogen-bond donors (Lipinski definition) is 1. The van der Waals surface area contributed by atoms with Gasteiger partial charge in [0.25, 0.3) is 0 Å². The molecule has 2 aromatic heterocycles. The first-order chi connectivity index (χ1) is 8.65. The van der Waals surface area contributed by atoms with Gasteiger partial charge in [-0.2, -0.15) is 0 Å². The normalized spacial score (nSPS) is 12.1. The number of nitrogens with zero attached hydrogens (tertiary/aromatic N) is 3. The van der Waals surface area contributed by atoms with Crippen LogP contribution < -0.4 is 5.32 Å². The second-order valence-corrected chi connectivity index (χ2v) is 5.84. The van der Waals surface area contributed by atoms with Gasteiger partial charge >= 0.3 is 0 Å². The highest BCUT2D eigenvalue weighted by atomic mass is 32.2. The fourth-order valence-corrected chi connectivity index (χ4v) is 2.63. The van der Waals surface area contributed by atoms with Gasteiger partial charge < -0.3 is 5.32 Å². The van der Waals surface area contributed by atoms with Crippen molar-refractivity contribution in [2.45, 2.75) is 24.1 Å². The van der Waals surface area contributed by atoms with Crippen LogP contribution in [0.2, 0.25) is 0 Å². The number of aromatic nitrogens is 3. The topological polar surface area (TPSA) is 67.8 Å². The summed E-state index contributed by atoms with van der Waals surface area (Å²) >= 11 is 2.80. The molecule has 94 valence electrons. The number of amides is 1. The average Bonchev–Trinajstić information content (AvgIpc) is 2.81. The van der Waals surface area contributed by atoms with Crippen LogP contribution in [0.1, 0.15) is 12.6 Å². The molecule has 0 bridgehead atoms. The molecule has 0 spiro atoms. The van der Waals surface area contributed by atoms with Crippen LogP contribution >= 0.6 is 23.1 Å². The van der Waals surface area contributed by atoms with E-state index >= 15 is 0 Å². The van der Waals surface area contributed by atoms with Gasteiger partial charge in [0.1, 0.15) is 11.4 Å². The summed E-state index contributed by atoms with van der Waals surface area (Å²) in [5.74, 6) is -0.0776. The van der Waals surface area contributed by atoms with E-state index in [2.05, 4.69) is 20.3 Å². The Bertz CT molecular complexity index is 530. The number of anilines is 1. The van der Waals surface area contributed by atoms with Crippen LogP contribution in [0, 0.1) is 6.92 Å². The molecule has 0 aromatic carbocycles. The minimum atomic E-state index is -0.233. The van der Waals surface area contributed by atoms with Crippen molar-refractivity contribution in [3.8, 4) is 0 Å². The molecule has 1 atom stereocenters. The zero-order chi connectivity index (χ0) is 13.0. The third kappa shape index (κ3) is 3.51. The first kappa shape index (κ1) is 13.0. The molecular formula is C11H12N4OS2.